The fraction of sp³-hybridized carbons (Fsp3) is 0.231. The number of ether oxygens (including phenoxy) is 1. The van der Waals surface area contributed by atoms with Gasteiger partial charge in [-0.05, 0) is 125 Å². The molecule has 3 fully saturated rings. The number of rotatable bonds is 6. The van der Waals surface area contributed by atoms with E-state index in [1.807, 2.05) is 18.2 Å². The van der Waals surface area contributed by atoms with Crippen molar-refractivity contribution >= 4 is 69.2 Å². The number of halogens is 3. The number of imide groups is 2. The maximum Gasteiger partial charge on any atom is 0.260 e. The number of benzene rings is 4. The van der Waals surface area contributed by atoms with Crippen LogP contribution in [0.15, 0.2) is 103 Å². The number of nitrogens with one attached hydrogen (secondary N) is 1. The van der Waals surface area contributed by atoms with Crippen LogP contribution in [0, 0.1) is 33.1 Å². The molecule has 2 heterocycles. The van der Waals surface area contributed by atoms with Crippen LogP contribution in [0.4, 0.5) is 15.8 Å². The molecule has 4 aromatic carbocycles. The van der Waals surface area contributed by atoms with E-state index in [4.69, 9.17) is 16.3 Å². The maximum absolute atomic E-state index is 15.2. The van der Waals surface area contributed by atoms with Crippen molar-refractivity contribution in [3.8, 4) is 11.5 Å². The topological polar surface area (TPSA) is 116 Å². The zero-order valence-corrected chi connectivity index (χ0v) is 30.0. The van der Waals surface area contributed by atoms with E-state index < -0.39 is 52.6 Å². The molecule has 0 bridgehead atoms. The molecule has 8 rings (SSSR count). The van der Waals surface area contributed by atoms with Crippen molar-refractivity contribution in [2.24, 2.45) is 23.7 Å². The zero-order chi connectivity index (χ0) is 35.8. The number of phenols is 1. The molecule has 2 aliphatic carbocycles. The standard InChI is InChI=1S/C39H30ClFIN3O6/c1-51-32-18-20(2-17-31(32)46)34-27-15-16-28-33(37(49)44(35(28)47)26-13-9-24(42)10-14-26)29(27)19-30-36(48)45(43-25-11-7-23(41)8-12-25)38(50)39(30,34)21-3-5-22(40)6-4-21/h2-15,17-18,28-30,33-34,43,46H,16,19H2,1H3/t28-,29+,30-,33-,34-,39+/m0/s1. The fourth-order valence-electron chi connectivity index (χ4n) is 8.75. The number of fused-ring (bicyclic) bond motifs is 4. The summed E-state index contributed by atoms with van der Waals surface area (Å²) in [6.45, 7) is 0. The Morgan fingerprint density at radius 2 is 1.61 bits per heavy atom. The number of anilines is 2. The molecular weight excluding hydrogens is 788 g/mol. The van der Waals surface area contributed by atoms with E-state index in [1.54, 1.807) is 48.5 Å². The lowest BCUT2D eigenvalue weighted by Crippen LogP contribution is -2.53. The summed E-state index contributed by atoms with van der Waals surface area (Å²) >= 11 is 8.52. The maximum atomic E-state index is 15.2. The van der Waals surface area contributed by atoms with Gasteiger partial charge in [0.25, 0.3) is 11.8 Å². The normalized spacial score (nSPS) is 26.8. The molecule has 4 aromatic rings. The van der Waals surface area contributed by atoms with Gasteiger partial charge in [0, 0.05) is 14.5 Å². The zero-order valence-electron chi connectivity index (χ0n) is 27.1. The first kappa shape index (κ1) is 33.4. The molecule has 9 nitrogen and oxygen atoms in total. The summed E-state index contributed by atoms with van der Waals surface area (Å²) in [4.78, 5) is 59.6. The monoisotopic (exact) mass is 817 g/mol. The lowest BCUT2D eigenvalue weighted by atomic mass is 9.49. The molecule has 51 heavy (non-hydrogen) atoms. The molecule has 12 heteroatoms. The van der Waals surface area contributed by atoms with Gasteiger partial charge in [-0.25, -0.2) is 4.39 Å². The molecule has 0 radical (unpaired) electrons. The van der Waals surface area contributed by atoms with Gasteiger partial charge in [-0.1, -0.05) is 41.4 Å². The number of hydrazine groups is 1. The third-order valence-corrected chi connectivity index (χ3v) is 11.8. The van der Waals surface area contributed by atoms with Gasteiger partial charge in [-0.2, -0.15) is 5.01 Å². The molecule has 4 amide bonds. The minimum atomic E-state index is -1.55. The summed E-state index contributed by atoms with van der Waals surface area (Å²) in [5.41, 5.74) is 4.06. The number of hydrogen-bond donors (Lipinski definition) is 2. The van der Waals surface area contributed by atoms with Gasteiger partial charge in [0.1, 0.15) is 5.82 Å². The van der Waals surface area contributed by atoms with Gasteiger partial charge in [-0.15, -0.1) is 0 Å². The Hall–Kier alpha value is -4.75. The summed E-state index contributed by atoms with van der Waals surface area (Å²) in [7, 11) is 1.42. The molecule has 0 aromatic heterocycles. The summed E-state index contributed by atoms with van der Waals surface area (Å²) in [5, 5.41) is 12.0. The van der Waals surface area contributed by atoms with E-state index in [9.17, 15) is 23.9 Å². The minimum absolute atomic E-state index is 0.104. The summed E-state index contributed by atoms with van der Waals surface area (Å²) in [5.74, 6) is -5.96. The van der Waals surface area contributed by atoms with Gasteiger partial charge in [-0.3, -0.25) is 29.5 Å². The Labute approximate surface area is 311 Å². The van der Waals surface area contributed by atoms with Crippen LogP contribution in [-0.4, -0.2) is 40.9 Å². The van der Waals surface area contributed by atoms with Crippen LogP contribution >= 0.6 is 34.2 Å². The van der Waals surface area contributed by atoms with E-state index in [1.165, 1.54) is 42.3 Å². The number of hydrogen-bond acceptors (Lipinski definition) is 7. The number of carbonyl (C=O) groups is 4. The molecular formula is C39H30ClFIN3O6. The van der Waals surface area contributed by atoms with Crippen molar-refractivity contribution in [3.05, 3.63) is 128 Å². The number of methoxy groups -OCH3 is 1. The van der Waals surface area contributed by atoms with E-state index in [2.05, 4.69) is 28.0 Å². The van der Waals surface area contributed by atoms with Crippen LogP contribution in [0.5, 0.6) is 11.5 Å². The van der Waals surface area contributed by atoms with Gasteiger partial charge in [0.05, 0.1) is 41.7 Å². The third kappa shape index (κ3) is 5.07. The second-order valence-electron chi connectivity index (χ2n) is 13.3. The van der Waals surface area contributed by atoms with Crippen molar-refractivity contribution in [1.82, 2.24) is 5.01 Å². The predicted octanol–water partition coefficient (Wildman–Crippen LogP) is 6.99. The van der Waals surface area contributed by atoms with Gasteiger partial charge >= 0.3 is 0 Å². The summed E-state index contributed by atoms with van der Waals surface area (Å²) in [6, 6.07) is 24.1. The summed E-state index contributed by atoms with van der Waals surface area (Å²) in [6.07, 6.45) is 2.32. The van der Waals surface area contributed by atoms with E-state index in [0.29, 0.717) is 27.5 Å². The molecule has 0 unspecified atom stereocenters. The lowest BCUT2D eigenvalue weighted by molar-refractivity contribution is -0.138. The second kappa shape index (κ2) is 12.5. The number of allylic oxidation sites excluding steroid dienone is 2. The SMILES string of the molecule is COc1cc([C@H]2C3=CC[C@@H]4C(=O)N(c5ccc(I)cc5)C(=O)[C@@H]4[C@@H]3C[C@H]3C(=O)N(Nc4ccc(F)cc4)C(=O)[C@@]23c2ccc(Cl)cc2)ccc1O. The highest BCUT2D eigenvalue weighted by Gasteiger charge is 2.70. The Balaban J connectivity index is 1.33. The van der Waals surface area contributed by atoms with Crippen molar-refractivity contribution in [3.63, 3.8) is 0 Å². The number of carbonyl (C=O) groups excluding carboxylic acids is 4. The molecule has 4 aliphatic rings. The Morgan fingerprint density at radius 3 is 2.29 bits per heavy atom. The van der Waals surface area contributed by atoms with Crippen LogP contribution in [-0.2, 0) is 24.6 Å². The van der Waals surface area contributed by atoms with Crippen molar-refractivity contribution in [2.45, 2.75) is 24.2 Å². The average molecular weight is 818 g/mol. The van der Waals surface area contributed by atoms with Crippen LogP contribution in [0.2, 0.25) is 5.02 Å². The van der Waals surface area contributed by atoms with Crippen LogP contribution < -0.4 is 15.1 Å². The van der Waals surface area contributed by atoms with Crippen LogP contribution in [0.1, 0.15) is 29.9 Å². The largest absolute Gasteiger partial charge is 0.504 e. The average Bonchev–Trinajstić information content (AvgIpc) is 3.51. The number of amides is 4. The van der Waals surface area contributed by atoms with E-state index in [-0.39, 0.29) is 36.2 Å². The number of phenolic OH excluding ortho intramolecular Hbond substituents is 1. The minimum Gasteiger partial charge on any atom is -0.504 e. The smallest absolute Gasteiger partial charge is 0.260 e. The van der Waals surface area contributed by atoms with Gasteiger partial charge < -0.3 is 9.84 Å². The molecule has 6 atom stereocenters. The lowest BCUT2D eigenvalue weighted by Gasteiger charge is -2.50. The molecule has 258 valence electrons. The Morgan fingerprint density at radius 1 is 0.902 bits per heavy atom. The Bertz CT molecular complexity index is 2140. The molecule has 0 spiro atoms. The van der Waals surface area contributed by atoms with Crippen molar-refractivity contribution in [1.29, 1.82) is 0 Å². The highest BCUT2D eigenvalue weighted by Crippen LogP contribution is 2.64. The van der Waals surface area contributed by atoms with Crippen molar-refractivity contribution < 1.29 is 33.4 Å². The van der Waals surface area contributed by atoms with Crippen LogP contribution in [0.3, 0.4) is 0 Å². The quantitative estimate of drug-likeness (QED) is 0.123. The molecule has 2 saturated heterocycles. The number of aromatic hydroxyl groups is 1. The van der Waals surface area contributed by atoms with Crippen LogP contribution in [0.25, 0.3) is 0 Å². The van der Waals surface area contributed by atoms with Gasteiger partial charge in [0.15, 0.2) is 11.5 Å². The highest BCUT2D eigenvalue weighted by atomic mass is 127. The first-order valence-corrected chi connectivity index (χ1v) is 17.9. The first-order valence-electron chi connectivity index (χ1n) is 16.4. The van der Waals surface area contributed by atoms with Gasteiger partial charge in [0.2, 0.25) is 11.8 Å². The Kier molecular flexibility index (Phi) is 8.17. The third-order valence-electron chi connectivity index (χ3n) is 10.9. The highest BCUT2D eigenvalue weighted by molar-refractivity contribution is 14.1. The predicted molar refractivity (Wildman–Crippen MR) is 195 cm³/mol. The summed E-state index contributed by atoms with van der Waals surface area (Å²) < 4.78 is 20.3. The van der Waals surface area contributed by atoms with Crippen molar-refractivity contribution in [2.75, 3.05) is 17.4 Å². The molecule has 1 saturated carbocycles. The number of nitrogens with zero attached hydrogens (tertiary/aromatic N) is 2. The van der Waals surface area contributed by atoms with E-state index in [0.717, 1.165) is 14.2 Å². The molecule has 2 N–H and O–H groups in total. The second-order valence-corrected chi connectivity index (χ2v) is 15.0. The molecule has 2 aliphatic heterocycles. The van der Waals surface area contributed by atoms with E-state index >= 15 is 4.79 Å². The first-order chi connectivity index (χ1) is 24.5. The fourth-order valence-corrected chi connectivity index (χ4v) is 9.23.